The van der Waals surface area contributed by atoms with E-state index < -0.39 is 0 Å². The second-order valence-corrected chi connectivity index (χ2v) is 8.73. The second-order valence-electron chi connectivity index (χ2n) is 8.73. The van der Waals surface area contributed by atoms with Crippen LogP contribution in [-0.2, 0) is 17.8 Å². The molecule has 1 saturated heterocycles. The Kier molecular flexibility index (Phi) is 6.60. The minimum atomic E-state index is 0.0307. The molecule has 11 nitrogen and oxygen atoms in total. The molecule has 0 amide bonds. The van der Waals surface area contributed by atoms with E-state index in [2.05, 4.69) is 32.2 Å². The molecule has 1 atom stereocenters. The molecule has 4 aromatic heterocycles. The van der Waals surface area contributed by atoms with Gasteiger partial charge in [0.25, 0.3) is 0 Å². The molecule has 2 N–H and O–H groups in total. The van der Waals surface area contributed by atoms with Crippen molar-refractivity contribution < 1.29 is 9.84 Å². The largest absolute Gasteiger partial charge is 0.396 e. The lowest BCUT2D eigenvalue weighted by atomic mass is 10.2. The summed E-state index contributed by atoms with van der Waals surface area (Å²) in [5, 5.41) is 17.5. The van der Waals surface area contributed by atoms with Gasteiger partial charge < -0.3 is 24.6 Å². The van der Waals surface area contributed by atoms with Gasteiger partial charge in [0.2, 0.25) is 5.95 Å². The summed E-state index contributed by atoms with van der Waals surface area (Å²) in [4.78, 5) is 21.0. The first-order chi connectivity index (χ1) is 17.1. The van der Waals surface area contributed by atoms with Crippen molar-refractivity contribution in [3.63, 3.8) is 0 Å². The maximum atomic E-state index is 9.52. The topological polar surface area (TPSA) is 119 Å². The monoisotopic (exact) mass is 477 g/mol. The number of pyridine rings is 1. The number of nitrogens with zero attached hydrogens (tertiary/aromatic N) is 8. The van der Waals surface area contributed by atoms with E-state index in [1.165, 1.54) is 0 Å². The fourth-order valence-electron chi connectivity index (χ4n) is 4.42. The van der Waals surface area contributed by atoms with Crippen LogP contribution in [0.25, 0.3) is 17.0 Å². The van der Waals surface area contributed by atoms with Crippen molar-refractivity contribution in [3.8, 4) is 5.82 Å². The van der Waals surface area contributed by atoms with E-state index in [0.29, 0.717) is 44.5 Å². The zero-order chi connectivity index (χ0) is 24.4. The predicted octanol–water partition coefficient (Wildman–Crippen LogP) is 2.24. The zero-order valence-corrected chi connectivity index (χ0v) is 20.3. The molecule has 11 heteroatoms. The van der Waals surface area contributed by atoms with E-state index in [1.807, 2.05) is 47.5 Å². The van der Waals surface area contributed by atoms with Gasteiger partial charge in [0.05, 0.1) is 31.3 Å². The Labute approximate surface area is 203 Å². The van der Waals surface area contributed by atoms with Gasteiger partial charge in [0.1, 0.15) is 0 Å². The zero-order valence-electron chi connectivity index (χ0n) is 20.3. The van der Waals surface area contributed by atoms with E-state index >= 15 is 0 Å². The van der Waals surface area contributed by atoms with Crippen LogP contribution in [0.5, 0.6) is 0 Å². The van der Waals surface area contributed by atoms with E-state index in [9.17, 15) is 5.11 Å². The minimum Gasteiger partial charge on any atom is -0.396 e. The number of hydrogen-bond acceptors (Lipinski definition) is 9. The van der Waals surface area contributed by atoms with Crippen LogP contribution in [0.4, 0.5) is 11.8 Å². The van der Waals surface area contributed by atoms with Crippen LogP contribution >= 0.6 is 0 Å². The third kappa shape index (κ3) is 4.69. The lowest BCUT2D eigenvalue weighted by Gasteiger charge is -2.35. The normalized spacial score (nSPS) is 16.2. The molecule has 1 fully saturated rings. The number of nitrogens with one attached hydrogen (secondary N) is 1. The van der Waals surface area contributed by atoms with E-state index in [0.717, 1.165) is 40.5 Å². The number of ether oxygens (including phenoxy) is 1. The quantitative estimate of drug-likeness (QED) is 0.394. The molecule has 0 spiro atoms. The highest BCUT2D eigenvalue weighted by molar-refractivity contribution is 5.84. The number of morpholine rings is 1. The second kappa shape index (κ2) is 9.96. The van der Waals surface area contributed by atoms with Gasteiger partial charge >= 0.3 is 0 Å². The first kappa shape index (κ1) is 23.2. The van der Waals surface area contributed by atoms with Gasteiger partial charge in [-0.25, -0.2) is 14.6 Å². The number of fused-ring (bicyclic) bond motifs is 1. The number of aliphatic hydroxyl groups is 1. The molecule has 0 saturated carbocycles. The molecule has 5 heterocycles. The Bertz CT molecular complexity index is 1300. The van der Waals surface area contributed by atoms with Gasteiger partial charge in [0, 0.05) is 38.1 Å². The molecule has 4 aromatic rings. The Balaban J connectivity index is 1.41. The van der Waals surface area contributed by atoms with Crippen LogP contribution in [0.15, 0.2) is 30.7 Å². The smallest absolute Gasteiger partial charge is 0.229 e. The minimum absolute atomic E-state index is 0.0307. The van der Waals surface area contributed by atoms with Gasteiger partial charge in [-0.1, -0.05) is 6.07 Å². The summed E-state index contributed by atoms with van der Waals surface area (Å²) in [6.07, 6.45) is 4.25. The molecular formula is C24H31N9O2. The Hall–Kier alpha value is -3.57. The lowest BCUT2D eigenvalue weighted by molar-refractivity contribution is 0.0841. The van der Waals surface area contributed by atoms with Crippen LogP contribution in [0, 0.1) is 13.8 Å². The summed E-state index contributed by atoms with van der Waals surface area (Å²) in [5.41, 5.74) is 4.54. The van der Waals surface area contributed by atoms with Gasteiger partial charge in [-0.15, -0.1) is 0 Å². The highest BCUT2D eigenvalue weighted by Crippen LogP contribution is 2.26. The molecule has 1 aliphatic rings. The first-order valence-corrected chi connectivity index (χ1v) is 12.0. The van der Waals surface area contributed by atoms with Crippen molar-refractivity contribution in [2.75, 3.05) is 36.6 Å². The molecule has 35 heavy (non-hydrogen) atoms. The van der Waals surface area contributed by atoms with Crippen molar-refractivity contribution in [2.45, 2.75) is 46.3 Å². The summed E-state index contributed by atoms with van der Waals surface area (Å²) < 4.78 is 9.49. The third-order valence-corrected chi connectivity index (χ3v) is 6.24. The number of aryl methyl sites for hydroxylation is 3. The van der Waals surface area contributed by atoms with Crippen molar-refractivity contribution in [3.05, 3.63) is 47.7 Å². The van der Waals surface area contributed by atoms with Crippen molar-refractivity contribution in [1.29, 1.82) is 0 Å². The average Bonchev–Trinajstić information content (AvgIpc) is 3.45. The van der Waals surface area contributed by atoms with Crippen molar-refractivity contribution in [1.82, 2.24) is 34.3 Å². The van der Waals surface area contributed by atoms with Crippen molar-refractivity contribution in [2.24, 2.45) is 0 Å². The first-order valence-electron chi connectivity index (χ1n) is 12.0. The molecular weight excluding hydrogens is 446 g/mol. The van der Waals surface area contributed by atoms with Crippen molar-refractivity contribution >= 4 is 22.9 Å². The van der Waals surface area contributed by atoms with Crippen LogP contribution in [0.2, 0.25) is 0 Å². The number of hydrogen-bond donors (Lipinski definition) is 2. The molecule has 184 valence electrons. The molecule has 5 rings (SSSR count). The van der Waals surface area contributed by atoms with Crippen LogP contribution < -0.4 is 10.2 Å². The number of imidazole rings is 1. The molecule has 1 aliphatic heterocycles. The summed E-state index contributed by atoms with van der Waals surface area (Å²) in [6, 6.07) is 6.07. The molecule has 0 radical (unpaired) electrons. The molecule has 0 aromatic carbocycles. The number of anilines is 2. The Morgan fingerprint density at radius 3 is 2.80 bits per heavy atom. The number of rotatable bonds is 8. The highest BCUT2D eigenvalue weighted by atomic mass is 16.5. The predicted molar refractivity (Wildman–Crippen MR) is 133 cm³/mol. The van der Waals surface area contributed by atoms with Crippen LogP contribution in [0.3, 0.4) is 0 Å². The molecule has 0 aliphatic carbocycles. The molecule has 0 bridgehead atoms. The van der Waals surface area contributed by atoms with Gasteiger partial charge in [-0.05, 0) is 44.9 Å². The van der Waals surface area contributed by atoms with E-state index in [4.69, 9.17) is 14.7 Å². The van der Waals surface area contributed by atoms with E-state index in [1.54, 1.807) is 6.33 Å². The van der Waals surface area contributed by atoms with E-state index in [-0.39, 0.29) is 12.6 Å². The Morgan fingerprint density at radius 1 is 1.20 bits per heavy atom. The van der Waals surface area contributed by atoms with Gasteiger partial charge in [0.15, 0.2) is 22.8 Å². The lowest BCUT2D eigenvalue weighted by Crippen LogP contribution is -2.47. The summed E-state index contributed by atoms with van der Waals surface area (Å²) in [5.74, 6) is 2.08. The number of aromatic nitrogens is 7. The van der Waals surface area contributed by atoms with Gasteiger partial charge in [-0.2, -0.15) is 15.1 Å². The van der Waals surface area contributed by atoms with Crippen LogP contribution in [0.1, 0.15) is 30.3 Å². The fraction of sp³-hybridized carbons (Fsp3) is 0.458. The summed E-state index contributed by atoms with van der Waals surface area (Å²) >= 11 is 0. The summed E-state index contributed by atoms with van der Waals surface area (Å²) in [6.45, 7) is 9.27. The number of aliphatic hydroxyl groups excluding tert-OH is 1. The highest BCUT2D eigenvalue weighted by Gasteiger charge is 2.26. The maximum absolute atomic E-state index is 9.52. The fourth-order valence-corrected chi connectivity index (χ4v) is 4.42. The van der Waals surface area contributed by atoms with Gasteiger partial charge in [-0.3, -0.25) is 0 Å². The molecule has 0 unspecified atom stereocenters. The van der Waals surface area contributed by atoms with Crippen LogP contribution in [-0.4, -0.2) is 71.8 Å². The SMILES string of the molecule is CCn1cnc2c(NCc3ccc(-n4nc(C)cc4C)nc3)nc(N3CCOC[C@H]3CCO)nc21. The maximum Gasteiger partial charge on any atom is 0.229 e. The Morgan fingerprint density at radius 2 is 2.09 bits per heavy atom. The standard InChI is InChI=1S/C24H31N9O2/c1-4-31-15-27-21-22(28-24(29-23(21)31)32-8-10-35-14-19(32)7-9-34)26-13-18-5-6-20(25-12-18)33-17(3)11-16(2)30-33/h5-6,11-12,15,19,34H,4,7-10,13-14H2,1-3H3,(H,26,28,29)/t19-/m1/s1. The third-order valence-electron chi connectivity index (χ3n) is 6.24. The average molecular weight is 478 g/mol. The summed E-state index contributed by atoms with van der Waals surface area (Å²) in [7, 11) is 0.